The van der Waals surface area contributed by atoms with Crippen molar-refractivity contribution in [2.45, 2.75) is 26.7 Å². The largest absolute Gasteiger partial charge is 0.455 e. The zero-order valence-corrected chi connectivity index (χ0v) is 18.7. The van der Waals surface area contributed by atoms with E-state index in [9.17, 15) is 14.4 Å². The lowest BCUT2D eigenvalue weighted by Crippen LogP contribution is -2.36. The summed E-state index contributed by atoms with van der Waals surface area (Å²) in [7, 11) is 0. The maximum absolute atomic E-state index is 12.2. The van der Waals surface area contributed by atoms with Gasteiger partial charge in [0.1, 0.15) is 11.8 Å². The number of hydrogen-bond acceptors (Lipinski definition) is 6. The second kappa shape index (κ2) is 8.43. The van der Waals surface area contributed by atoms with Crippen LogP contribution in [-0.4, -0.2) is 23.2 Å². The van der Waals surface area contributed by atoms with Crippen molar-refractivity contribution in [3.8, 4) is 11.8 Å². The minimum absolute atomic E-state index is 0.0742. The average Bonchev–Trinajstić information content (AvgIpc) is 2.65. The Balaban J connectivity index is 1.92. The molecule has 0 N–H and O–H groups in total. The van der Waals surface area contributed by atoms with E-state index in [2.05, 4.69) is 37.0 Å². The molecule has 0 saturated heterocycles. The van der Waals surface area contributed by atoms with Crippen LogP contribution in [0, 0.1) is 17.2 Å². The normalized spacial score (nSPS) is 17.0. The Morgan fingerprint density at radius 3 is 2.41 bits per heavy atom. The molecule has 0 saturated carbocycles. The van der Waals surface area contributed by atoms with Gasteiger partial charge in [-0.2, -0.15) is 15.4 Å². The van der Waals surface area contributed by atoms with Crippen molar-refractivity contribution in [1.29, 1.82) is 5.26 Å². The predicted molar refractivity (Wildman–Crippen MR) is 113 cm³/mol. The number of anilines is 1. The van der Waals surface area contributed by atoms with Crippen molar-refractivity contribution in [3.63, 3.8) is 0 Å². The number of ketones is 2. The summed E-state index contributed by atoms with van der Waals surface area (Å²) >= 11 is 6.85. The number of nitriles is 1. The van der Waals surface area contributed by atoms with Gasteiger partial charge in [-0.15, -0.1) is 0 Å². The van der Waals surface area contributed by atoms with Gasteiger partial charge in [-0.25, -0.2) is 0 Å². The van der Waals surface area contributed by atoms with Gasteiger partial charge in [0, 0.05) is 12.0 Å². The van der Waals surface area contributed by atoms with E-state index in [1.165, 1.54) is 0 Å². The number of halogens is 2. The Morgan fingerprint density at radius 1 is 1.17 bits per heavy atom. The van der Waals surface area contributed by atoms with Gasteiger partial charge in [0.25, 0.3) is 5.91 Å². The number of rotatable bonds is 4. The molecule has 1 aliphatic carbocycles. The fraction of sp³-hybridized carbons (Fsp3) is 0.250. The molecule has 1 aliphatic heterocycles. The van der Waals surface area contributed by atoms with E-state index < -0.39 is 18.1 Å². The number of benzene rings is 1. The van der Waals surface area contributed by atoms with Gasteiger partial charge >= 0.3 is 0 Å². The molecule has 1 amide bonds. The maximum Gasteiger partial charge on any atom is 0.255 e. The van der Waals surface area contributed by atoms with Crippen LogP contribution in [0.4, 0.5) is 5.69 Å². The molecule has 0 unspecified atom stereocenters. The predicted octanol–water partition coefficient (Wildman–Crippen LogP) is 4.21. The van der Waals surface area contributed by atoms with E-state index in [-0.39, 0.29) is 23.8 Å². The van der Waals surface area contributed by atoms with Crippen LogP contribution in [0.5, 0.6) is 5.75 Å². The third kappa shape index (κ3) is 4.38. The number of Topliss-reactive ketones (excluding diaryl/α,β-unsaturated/α-hetero) is 2. The Labute approximate surface area is 184 Å². The van der Waals surface area contributed by atoms with Crippen molar-refractivity contribution in [1.82, 2.24) is 0 Å². The lowest BCUT2D eigenvalue weighted by atomic mass is 9.93. The molecule has 0 radical (unpaired) electrons. The van der Waals surface area contributed by atoms with Crippen LogP contribution < -0.4 is 9.75 Å². The SMILES string of the molecule is CC(C)C1=CC(Oc2c(Br)cc(N3N=C(C#N)C(=O)CC3=O)cc2Br)=CCC1=O. The fourth-order valence-corrected chi connectivity index (χ4v) is 4.17. The van der Waals surface area contributed by atoms with Crippen LogP contribution in [-0.2, 0) is 14.4 Å². The third-order valence-corrected chi connectivity index (χ3v) is 5.47. The summed E-state index contributed by atoms with van der Waals surface area (Å²) in [5.41, 5.74) is 0.751. The minimum atomic E-state index is -0.599. The van der Waals surface area contributed by atoms with Gasteiger partial charge in [0.2, 0.25) is 11.5 Å². The smallest absolute Gasteiger partial charge is 0.255 e. The van der Waals surface area contributed by atoms with Gasteiger partial charge < -0.3 is 4.74 Å². The van der Waals surface area contributed by atoms with E-state index >= 15 is 0 Å². The summed E-state index contributed by atoms with van der Waals surface area (Å²) in [6.07, 6.45) is 3.30. The molecule has 9 heteroatoms. The summed E-state index contributed by atoms with van der Waals surface area (Å²) in [5, 5.41) is 13.9. The number of amides is 1. The van der Waals surface area contributed by atoms with Crippen molar-refractivity contribution < 1.29 is 19.1 Å². The summed E-state index contributed by atoms with van der Waals surface area (Å²) < 4.78 is 7.02. The summed E-state index contributed by atoms with van der Waals surface area (Å²) in [4.78, 5) is 35.9. The molecule has 29 heavy (non-hydrogen) atoms. The quantitative estimate of drug-likeness (QED) is 0.553. The first-order chi connectivity index (χ1) is 13.7. The van der Waals surface area contributed by atoms with E-state index in [0.717, 1.165) is 5.01 Å². The van der Waals surface area contributed by atoms with Crippen LogP contribution >= 0.6 is 31.9 Å². The average molecular weight is 521 g/mol. The summed E-state index contributed by atoms with van der Waals surface area (Å²) in [5.74, 6) is 0.0395. The fourth-order valence-electron chi connectivity index (χ4n) is 2.84. The lowest BCUT2D eigenvalue weighted by molar-refractivity contribution is -0.124. The van der Waals surface area contributed by atoms with Crippen molar-refractivity contribution in [2.75, 3.05) is 5.01 Å². The Morgan fingerprint density at radius 2 is 1.83 bits per heavy atom. The van der Waals surface area contributed by atoms with Gasteiger partial charge in [-0.05, 0) is 62.1 Å². The van der Waals surface area contributed by atoms with Crippen LogP contribution in [0.15, 0.2) is 49.7 Å². The number of nitrogens with zero attached hydrogens (tertiary/aromatic N) is 3. The number of hydrogen-bond donors (Lipinski definition) is 0. The molecular weight excluding hydrogens is 506 g/mol. The molecule has 1 aromatic carbocycles. The number of allylic oxidation sites excluding steroid dienone is 3. The van der Waals surface area contributed by atoms with E-state index in [1.807, 2.05) is 13.8 Å². The molecule has 3 rings (SSSR count). The highest BCUT2D eigenvalue weighted by molar-refractivity contribution is 9.11. The summed E-state index contributed by atoms with van der Waals surface area (Å²) in [6.45, 7) is 3.90. The summed E-state index contributed by atoms with van der Waals surface area (Å²) in [6, 6.07) is 4.91. The van der Waals surface area contributed by atoms with E-state index in [1.54, 1.807) is 30.4 Å². The van der Waals surface area contributed by atoms with Crippen LogP contribution in [0.3, 0.4) is 0 Å². The number of hydrazone groups is 1. The third-order valence-electron chi connectivity index (χ3n) is 4.30. The van der Waals surface area contributed by atoms with Gasteiger partial charge in [0.15, 0.2) is 11.5 Å². The first-order valence-corrected chi connectivity index (χ1v) is 10.3. The first kappa shape index (κ1) is 21.1. The number of ether oxygens (including phenoxy) is 1. The standard InChI is InChI=1S/C20H15Br2N3O4/c1-10(2)13-7-12(3-4-17(13)26)29-20-14(21)5-11(6-15(20)22)25-19(28)8-18(27)16(9-23)24-25/h3,5-7,10H,4,8H2,1-2H3. The molecule has 0 atom stereocenters. The van der Waals surface area contributed by atoms with Gasteiger partial charge in [-0.3, -0.25) is 14.4 Å². The first-order valence-electron chi connectivity index (χ1n) is 8.68. The van der Waals surface area contributed by atoms with Crippen molar-refractivity contribution >= 4 is 60.7 Å². The molecule has 7 nitrogen and oxygen atoms in total. The molecule has 1 aromatic rings. The molecule has 1 heterocycles. The Kier molecular flexibility index (Phi) is 6.15. The number of carbonyl (C=O) groups excluding carboxylic acids is 3. The topological polar surface area (TPSA) is 99.8 Å². The highest BCUT2D eigenvalue weighted by Gasteiger charge is 2.29. The molecule has 0 aromatic heterocycles. The zero-order chi connectivity index (χ0) is 21.3. The second-order valence-corrected chi connectivity index (χ2v) is 8.40. The molecule has 148 valence electrons. The highest BCUT2D eigenvalue weighted by Crippen LogP contribution is 2.40. The minimum Gasteiger partial charge on any atom is -0.455 e. The maximum atomic E-state index is 12.2. The van der Waals surface area contributed by atoms with Crippen molar-refractivity contribution in [3.05, 3.63) is 44.6 Å². The van der Waals surface area contributed by atoms with Crippen LogP contribution in [0.2, 0.25) is 0 Å². The van der Waals surface area contributed by atoms with E-state index in [4.69, 9.17) is 10.00 Å². The monoisotopic (exact) mass is 519 g/mol. The molecule has 0 fully saturated rings. The second-order valence-electron chi connectivity index (χ2n) is 6.69. The zero-order valence-electron chi connectivity index (χ0n) is 15.5. The van der Waals surface area contributed by atoms with Gasteiger partial charge in [-0.1, -0.05) is 13.8 Å². The van der Waals surface area contributed by atoms with Gasteiger partial charge in [0.05, 0.1) is 21.1 Å². The van der Waals surface area contributed by atoms with Crippen molar-refractivity contribution in [2.24, 2.45) is 11.0 Å². The van der Waals surface area contributed by atoms with Crippen LogP contribution in [0.1, 0.15) is 26.7 Å². The highest BCUT2D eigenvalue weighted by atomic mass is 79.9. The Hall–Kier alpha value is -2.57. The molecule has 0 bridgehead atoms. The van der Waals surface area contributed by atoms with E-state index in [0.29, 0.717) is 31.7 Å². The Bertz CT molecular complexity index is 1040. The molecule has 0 spiro atoms. The molecule has 2 aliphatic rings. The van der Waals surface area contributed by atoms with Crippen LogP contribution in [0.25, 0.3) is 0 Å². The lowest BCUT2D eigenvalue weighted by Gasteiger charge is -2.22. The molecular formula is C20H15Br2N3O4. The number of carbonyl (C=O) groups is 3.